The minimum absolute atomic E-state index is 0.0373. The molecule has 0 fully saturated rings. The topological polar surface area (TPSA) is 44.1 Å². The van der Waals surface area contributed by atoms with Crippen LogP contribution in [0, 0.1) is 6.92 Å². The Labute approximate surface area is 131 Å². The summed E-state index contributed by atoms with van der Waals surface area (Å²) in [5, 5.41) is 4.49. The minimum atomic E-state index is -0.321. The molecule has 0 saturated heterocycles. The Morgan fingerprint density at radius 3 is 2.68 bits per heavy atom. The highest BCUT2D eigenvalue weighted by Crippen LogP contribution is 2.28. The molecule has 22 heavy (non-hydrogen) atoms. The number of aromatic nitrogens is 2. The average molecular weight is 298 g/mol. The maximum atomic E-state index is 11.3. The van der Waals surface area contributed by atoms with Gasteiger partial charge >= 0.3 is 5.97 Å². The second-order valence-electron chi connectivity index (χ2n) is 6.07. The van der Waals surface area contributed by atoms with Crippen molar-refractivity contribution in [3.05, 3.63) is 46.6 Å². The predicted molar refractivity (Wildman–Crippen MR) is 85.2 cm³/mol. The number of carbonyl (C=O) groups is 1. The second kappa shape index (κ2) is 5.95. The summed E-state index contributed by atoms with van der Waals surface area (Å²) in [5.41, 5.74) is 4.98. The van der Waals surface area contributed by atoms with Crippen molar-refractivity contribution in [1.82, 2.24) is 9.78 Å². The van der Waals surface area contributed by atoms with Crippen molar-refractivity contribution < 1.29 is 9.53 Å². The summed E-state index contributed by atoms with van der Waals surface area (Å²) in [5.74, 6) is 0.189. The molecule has 1 heterocycles. The molecule has 4 nitrogen and oxygen atoms in total. The third-order valence-electron chi connectivity index (χ3n) is 4.29. The first-order chi connectivity index (χ1) is 10.5. The van der Waals surface area contributed by atoms with E-state index in [1.807, 2.05) is 6.92 Å². The Hall–Kier alpha value is -2.10. The van der Waals surface area contributed by atoms with Crippen LogP contribution in [0.1, 0.15) is 55.1 Å². The normalized spacial score (nSPS) is 15.2. The molecule has 1 atom stereocenters. The van der Waals surface area contributed by atoms with Gasteiger partial charge in [-0.3, -0.25) is 4.79 Å². The first-order valence-electron chi connectivity index (χ1n) is 7.91. The lowest BCUT2D eigenvalue weighted by molar-refractivity contribution is -0.132. The first kappa shape index (κ1) is 14.8. The van der Waals surface area contributed by atoms with E-state index in [-0.39, 0.29) is 12.0 Å². The molecule has 2 aromatic rings. The van der Waals surface area contributed by atoms with Crippen molar-refractivity contribution >= 4 is 5.97 Å². The molecule has 1 unspecified atom stereocenters. The number of ether oxygens (including phenoxy) is 1. The zero-order valence-electron chi connectivity index (χ0n) is 13.4. The smallest absolute Gasteiger partial charge is 0.309 e. The van der Waals surface area contributed by atoms with Gasteiger partial charge in [-0.25, -0.2) is 4.68 Å². The number of benzene rings is 1. The molecule has 0 saturated carbocycles. The highest BCUT2D eigenvalue weighted by atomic mass is 16.5. The molecule has 1 aliphatic rings. The fourth-order valence-electron chi connectivity index (χ4n) is 3.15. The van der Waals surface area contributed by atoms with E-state index in [2.05, 4.69) is 30.2 Å². The molecule has 0 amide bonds. The summed E-state index contributed by atoms with van der Waals surface area (Å²) in [6.45, 7) is 5.41. The number of hydrogen-bond donors (Lipinski definition) is 0. The molecule has 0 aliphatic heterocycles. The van der Waals surface area contributed by atoms with Gasteiger partial charge in [-0.15, -0.1) is 0 Å². The Bertz CT molecular complexity index is 703. The number of aryl methyl sites for hydroxylation is 3. The van der Waals surface area contributed by atoms with Gasteiger partial charge in [-0.1, -0.05) is 18.2 Å². The van der Waals surface area contributed by atoms with E-state index < -0.39 is 0 Å². The molecule has 0 radical (unpaired) electrons. The number of esters is 1. The minimum Gasteiger partial charge on any atom is -0.408 e. The third kappa shape index (κ3) is 2.91. The van der Waals surface area contributed by atoms with E-state index in [4.69, 9.17) is 4.74 Å². The summed E-state index contributed by atoms with van der Waals surface area (Å²) in [7, 11) is 0. The SMILES string of the molecule is CC(=O)Oc1cc(C)nn1C(C)c1ccc2c(c1)CCCC2. The van der Waals surface area contributed by atoms with Crippen LogP contribution in [0.15, 0.2) is 24.3 Å². The highest BCUT2D eigenvalue weighted by Gasteiger charge is 2.18. The molecule has 1 aromatic carbocycles. The van der Waals surface area contributed by atoms with E-state index in [1.54, 1.807) is 10.7 Å². The Morgan fingerprint density at radius 2 is 1.95 bits per heavy atom. The van der Waals surface area contributed by atoms with Crippen LogP contribution < -0.4 is 4.74 Å². The van der Waals surface area contributed by atoms with Gasteiger partial charge in [0.15, 0.2) is 0 Å². The fraction of sp³-hybridized carbons (Fsp3) is 0.444. The van der Waals surface area contributed by atoms with Crippen molar-refractivity contribution in [2.75, 3.05) is 0 Å². The van der Waals surface area contributed by atoms with E-state index in [1.165, 1.54) is 42.9 Å². The number of nitrogens with zero attached hydrogens (tertiary/aromatic N) is 2. The van der Waals surface area contributed by atoms with Crippen LogP contribution in [0.5, 0.6) is 5.88 Å². The fourth-order valence-corrected chi connectivity index (χ4v) is 3.15. The number of carbonyl (C=O) groups excluding carboxylic acids is 1. The quantitative estimate of drug-likeness (QED) is 0.813. The lowest BCUT2D eigenvalue weighted by Crippen LogP contribution is -2.14. The molecule has 0 bridgehead atoms. The molecular formula is C18H22N2O2. The van der Waals surface area contributed by atoms with Gasteiger partial charge in [0.05, 0.1) is 11.7 Å². The lowest BCUT2D eigenvalue weighted by Gasteiger charge is -2.20. The van der Waals surface area contributed by atoms with Gasteiger partial charge in [0.25, 0.3) is 0 Å². The molecular weight excluding hydrogens is 276 g/mol. The second-order valence-corrected chi connectivity index (χ2v) is 6.07. The average Bonchev–Trinajstić information content (AvgIpc) is 2.85. The maximum Gasteiger partial charge on any atom is 0.309 e. The van der Waals surface area contributed by atoms with Crippen LogP contribution in [0.2, 0.25) is 0 Å². The van der Waals surface area contributed by atoms with Crippen LogP contribution >= 0.6 is 0 Å². The van der Waals surface area contributed by atoms with Gasteiger partial charge in [-0.2, -0.15) is 5.10 Å². The predicted octanol–water partition coefficient (Wildman–Crippen LogP) is 3.60. The maximum absolute atomic E-state index is 11.3. The van der Waals surface area contributed by atoms with Crippen molar-refractivity contribution in [3.63, 3.8) is 0 Å². The van der Waals surface area contributed by atoms with E-state index in [0.29, 0.717) is 5.88 Å². The van der Waals surface area contributed by atoms with E-state index >= 15 is 0 Å². The van der Waals surface area contributed by atoms with Gasteiger partial charge < -0.3 is 4.74 Å². The van der Waals surface area contributed by atoms with Crippen molar-refractivity contribution in [2.45, 2.75) is 52.5 Å². The van der Waals surface area contributed by atoms with Crippen LogP contribution in [0.3, 0.4) is 0 Å². The van der Waals surface area contributed by atoms with Gasteiger partial charge in [0.2, 0.25) is 5.88 Å². The third-order valence-corrected chi connectivity index (χ3v) is 4.29. The van der Waals surface area contributed by atoms with E-state index in [9.17, 15) is 4.79 Å². The van der Waals surface area contributed by atoms with Crippen molar-refractivity contribution in [2.24, 2.45) is 0 Å². The molecule has 0 N–H and O–H groups in total. The van der Waals surface area contributed by atoms with E-state index in [0.717, 1.165) is 12.1 Å². The largest absolute Gasteiger partial charge is 0.408 e. The standard InChI is InChI=1S/C18H22N2O2/c1-12-10-18(22-14(3)21)20(19-12)13(2)16-9-8-15-6-4-5-7-17(15)11-16/h8-11,13H,4-7H2,1-3H3. The number of fused-ring (bicyclic) bond motifs is 1. The zero-order valence-corrected chi connectivity index (χ0v) is 13.4. The van der Waals surface area contributed by atoms with Gasteiger partial charge in [0, 0.05) is 13.0 Å². The molecule has 116 valence electrons. The Morgan fingerprint density at radius 1 is 1.23 bits per heavy atom. The molecule has 4 heteroatoms. The molecule has 1 aromatic heterocycles. The number of rotatable bonds is 3. The number of hydrogen-bond acceptors (Lipinski definition) is 3. The molecule has 0 spiro atoms. The van der Waals surface area contributed by atoms with Crippen LogP contribution in [-0.2, 0) is 17.6 Å². The lowest BCUT2D eigenvalue weighted by atomic mass is 9.89. The Balaban J connectivity index is 1.93. The van der Waals surface area contributed by atoms with Crippen LogP contribution in [-0.4, -0.2) is 15.7 Å². The van der Waals surface area contributed by atoms with Gasteiger partial charge in [-0.05, 0) is 56.2 Å². The summed E-state index contributed by atoms with van der Waals surface area (Å²) in [6.07, 6.45) is 4.90. The zero-order chi connectivity index (χ0) is 15.7. The van der Waals surface area contributed by atoms with Crippen LogP contribution in [0.4, 0.5) is 0 Å². The van der Waals surface area contributed by atoms with Gasteiger partial charge in [0.1, 0.15) is 0 Å². The molecule has 3 rings (SSSR count). The Kier molecular flexibility index (Phi) is 4.01. The summed E-state index contributed by atoms with van der Waals surface area (Å²) < 4.78 is 7.08. The van der Waals surface area contributed by atoms with Crippen molar-refractivity contribution in [1.29, 1.82) is 0 Å². The highest BCUT2D eigenvalue weighted by molar-refractivity contribution is 5.68. The summed E-state index contributed by atoms with van der Waals surface area (Å²) in [4.78, 5) is 11.3. The van der Waals surface area contributed by atoms with Crippen molar-refractivity contribution in [3.8, 4) is 5.88 Å². The summed E-state index contributed by atoms with van der Waals surface area (Å²) >= 11 is 0. The summed E-state index contributed by atoms with van der Waals surface area (Å²) in [6, 6.07) is 8.53. The molecule has 1 aliphatic carbocycles. The van der Waals surface area contributed by atoms with Crippen LogP contribution in [0.25, 0.3) is 0 Å². The first-order valence-corrected chi connectivity index (χ1v) is 7.91. The monoisotopic (exact) mass is 298 g/mol.